The van der Waals surface area contributed by atoms with Crippen LogP contribution in [0.2, 0.25) is 0 Å². The molecule has 1 fully saturated rings. The van der Waals surface area contributed by atoms with Crippen LogP contribution in [-0.2, 0) is 6.18 Å². The van der Waals surface area contributed by atoms with Crippen molar-refractivity contribution >= 4 is 21.8 Å². The molecule has 0 spiro atoms. The maximum atomic E-state index is 13.3. The van der Waals surface area contributed by atoms with Crippen molar-refractivity contribution in [2.45, 2.75) is 37.4 Å². The average molecular weight is 392 g/mol. The number of rotatable bonds is 2. The monoisotopic (exact) mass is 392 g/mol. The summed E-state index contributed by atoms with van der Waals surface area (Å²) in [6.07, 6.45) is -4.62. The number of benzene rings is 2. The van der Waals surface area contributed by atoms with E-state index >= 15 is 0 Å². The molecule has 1 heterocycles. The first-order chi connectivity index (χ1) is 12.6. The highest BCUT2D eigenvalue weighted by Gasteiger charge is 2.44. The molecule has 2 aromatic rings. The zero-order valence-electron chi connectivity index (χ0n) is 15.0. The maximum absolute atomic E-state index is 13.3. The lowest BCUT2D eigenvalue weighted by molar-refractivity contribution is -0.137. The number of thiol groups is 1. The smallest absolute Gasteiger partial charge is 0.296 e. The van der Waals surface area contributed by atoms with Crippen molar-refractivity contribution in [1.29, 1.82) is 10.7 Å². The fourth-order valence-corrected chi connectivity index (χ4v) is 5.09. The van der Waals surface area contributed by atoms with Crippen LogP contribution in [-0.4, -0.2) is 10.6 Å². The molecule has 1 aliphatic heterocycles. The van der Waals surface area contributed by atoms with Crippen molar-refractivity contribution in [2.24, 2.45) is 0 Å². The minimum atomic E-state index is -4.62. The molecule has 0 bridgehead atoms. The standard InChI is InChI=1S/C19H19F3N4S/c1-12-4-7-14(8-5-12)26-18(2,3)17(24)27(25-26)15-9-6-13(11-23)16(10-15)19(20,21)22/h4-10,24-25,27H,1-3H3. The number of aryl methyl sites for hydroxylation is 1. The van der Waals surface area contributed by atoms with Crippen LogP contribution in [0.4, 0.5) is 18.9 Å². The Morgan fingerprint density at radius 1 is 1.15 bits per heavy atom. The molecule has 0 saturated carbocycles. The summed E-state index contributed by atoms with van der Waals surface area (Å²) in [6.45, 7) is 5.69. The average Bonchev–Trinajstić information content (AvgIpc) is 2.85. The van der Waals surface area contributed by atoms with Gasteiger partial charge in [0.15, 0.2) is 0 Å². The van der Waals surface area contributed by atoms with E-state index in [9.17, 15) is 13.2 Å². The van der Waals surface area contributed by atoms with Gasteiger partial charge >= 0.3 is 6.18 Å². The van der Waals surface area contributed by atoms with Crippen LogP contribution in [0, 0.1) is 23.7 Å². The van der Waals surface area contributed by atoms with Gasteiger partial charge < -0.3 is 0 Å². The highest BCUT2D eigenvalue weighted by Crippen LogP contribution is 2.48. The molecule has 0 amide bonds. The Balaban J connectivity index is 2.02. The lowest BCUT2D eigenvalue weighted by Gasteiger charge is -2.31. The normalized spacial score (nSPS) is 20.6. The molecular weight excluding hydrogens is 373 g/mol. The Labute approximate surface area is 158 Å². The van der Waals surface area contributed by atoms with Crippen molar-refractivity contribution in [3.63, 3.8) is 0 Å². The SMILES string of the molecule is Cc1ccc(N2N[SH](c3ccc(C#N)c(C(F)(F)F)c3)C(=N)C2(C)C)cc1. The third-order valence-corrected chi connectivity index (χ3v) is 6.73. The van der Waals surface area contributed by atoms with Crippen LogP contribution in [0.1, 0.15) is 30.5 Å². The Hall–Kier alpha value is -2.50. The molecule has 1 saturated heterocycles. The number of hydrogen-bond donors (Lipinski definition) is 3. The van der Waals surface area contributed by atoms with Crippen molar-refractivity contribution in [2.75, 3.05) is 5.01 Å². The van der Waals surface area contributed by atoms with E-state index in [0.29, 0.717) is 9.94 Å². The summed E-state index contributed by atoms with van der Waals surface area (Å²) in [5, 5.41) is 19.7. The van der Waals surface area contributed by atoms with E-state index in [0.717, 1.165) is 17.3 Å². The number of nitrogens with one attached hydrogen (secondary N) is 2. The van der Waals surface area contributed by atoms with Crippen LogP contribution in [0.3, 0.4) is 0 Å². The van der Waals surface area contributed by atoms with Crippen molar-refractivity contribution in [3.8, 4) is 6.07 Å². The molecule has 27 heavy (non-hydrogen) atoms. The third-order valence-electron chi connectivity index (χ3n) is 4.54. The topological polar surface area (TPSA) is 62.9 Å². The Morgan fingerprint density at radius 2 is 1.78 bits per heavy atom. The second-order valence-electron chi connectivity index (χ2n) is 6.85. The van der Waals surface area contributed by atoms with Gasteiger partial charge in [-0.3, -0.25) is 10.4 Å². The molecule has 2 aromatic carbocycles. The summed E-state index contributed by atoms with van der Waals surface area (Å²) < 4.78 is 39.9. The number of anilines is 1. The van der Waals surface area contributed by atoms with Gasteiger partial charge in [-0.25, -0.2) is 0 Å². The predicted molar refractivity (Wildman–Crippen MR) is 102 cm³/mol. The molecule has 3 rings (SSSR count). The fourth-order valence-electron chi connectivity index (χ4n) is 2.92. The Bertz CT molecular complexity index is 929. The summed E-state index contributed by atoms with van der Waals surface area (Å²) in [6, 6.07) is 13.0. The lowest BCUT2D eigenvalue weighted by Crippen LogP contribution is -2.46. The van der Waals surface area contributed by atoms with E-state index in [-0.39, 0.29) is 0 Å². The summed E-state index contributed by atoms with van der Waals surface area (Å²) in [7, 11) is 0. The number of nitrogens with zero attached hydrogens (tertiary/aromatic N) is 2. The quantitative estimate of drug-likeness (QED) is 0.634. The van der Waals surface area contributed by atoms with Gasteiger partial charge in [0.1, 0.15) is 0 Å². The summed E-state index contributed by atoms with van der Waals surface area (Å²) in [4.78, 5) is 3.59. The van der Waals surface area contributed by atoms with Crippen LogP contribution in [0.5, 0.6) is 0 Å². The number of nitriles is 1. The Kier molecular flexibility index (Phi) is 4.70. The first-order valence-corrected chi connectivity index (χ1v) is 9.53. The molecule has 0 radical (unpaired) electrons. The Morgan fingerprint density at radius 3 is 2.33 bits per heavy atom. The minimum Gasteiger partial charge on any atom is -0.296 e. The van der Waals surface area contributed by atoms with Gasteiger partial charge in [-0.2, -0.15) is 23.3 Å². The molecular formula is C19H19F3N4S. The van der Waals surface area contributed by atoms with Gasteiger partial charge in [-0.1, -0.05) is 17.7 Å². The highest BCUT2D eigenvalue weighted by atomic mass is 32.2. The van der Waals surface area contributed by atoms with E-state index in [2.05, 4.69) is 4.83 Å². The van der Waals surface area contributed by atoms with Gasteiger partial charge in [-0.15, -0.1) is 11.1 Å². The number of hydrazine groups is 1. The number of hydrogen-bond acceptors (Lipinski definition) is 4. The molecule has 4 nitrogen and oxygen atoms in total. The van der Waals surface area contributed by atoms with E-state index < -0.39 is 33.9 Å². The first-order valence-electron chi connectivity index (χ1n) is 8.19. The van der Waals surface area contributed by atoms with E-state index in [1.54, 1.807) is 6.07 Å². The number of alkyl halides is 3. The predicted octanol–water partition coefficient (Wildman–Crippen LogP) is 4.94. The lowest BCUT2D eigenvalue weighted by atomic mass is 10.1. The first kappa shape index (κ1) is 19.3. The zero-order chi connectivity index (χ0) is 20.0. The second kappa shape index (κ2) is 6.59. The molecule has 1 atom stereocenters. The van der Waals surface area contributed by atoms with Crippen molar-refractivity contribution in [3.05, 3.63) is 59.2 Å². The molecule has 0 aliphatic carbocycles. The van der Waals surface area contributed by atoms with E-state index in [1.165, 1.54) is 12.1 Å². The van der Waals surface area contributed by atoms with Gasteiger partial charge in [0, 0.05) is 4.90 Å². The van der Waals surface area contributed by atoms with E-state index in [4.69, 9.17) is 10.7 Å². The van der Waals surface area contributed by atoms with Crippen LogP contribution >= 0.6 is 11.1 Å². The molecule has 1 unspecified atom stereocenters. The van der Waals surface area contributed by atoms with Crippen LogP contribution in [0.25, 0.3) is 0 Å². The summed E-state index contributed by atoms with van der Waals surface area (Å²) >= 11 is -1.49. The van der Waals surface area contributed by atoms with Gasteiger partial charge in [-0.05, 0) is 51.1 Å². The van der Waals surface area contributed by atoms with Gasteiger partial charge in [0.25, 0.3) is 0 Å². The summed E-state index contributed by atoms with van der Waals surface area (Å²) in [5.41, 5.74) is -0.152. The third kappa shape index (κ3) is 3.40. The molecule has 1 aliphatic rings. The minimum absolute atomic E-state index is 0.316. The molecule has 142 valence electrons. The largest absolute Gasteiger partial charge is 0.417 e. The van der Waals surface area contributed by atoms with Gasteiger partial charge in [0.2, 0.25) is 0 Å². The fraction of sp³-hybridized carbons (Fsp3) is 0.263. The van der Waals surface area contributed by atoms with Crippen LogP contribution in [0.15, 0.2) is 47.4 Å². The van der Waals surface area contributed by atoms with Crippen LogP contribution < -0.4 is 9.84 Å². The summed E-state index contributed by atoms with van der Waals surface area (Å²) in [5.74, 6) is 0. The van der Waals surface area contributed by atoms with Crippen molar-refractivity contribution < 1.29 is 13.2 Å². The zero-order valence-corrected chi connectivity index (χ0v) is 15.9. The second-order valence-corrected chi connectivity index (χ2v) is 8.69. The van der Waals surface area contributed by atoms with Crippen molar-refractivity contribution in [1.82, 2.24) is 4.83 Å². The van der Waals surface area contributed by atoms with Gasteiger partial charge in [0.05, 0.1) is 33.5 Å². The number of halogens is 3. The molecule has 8 heteroatoms. The molecule has 2 N–H and O–H groups in total. The molecule has 0 aromatic heterocycles. The van der Waals surface area contributed by atoms with E-state index in [1.807, 2.05) is 50.0 Å². The maximum Gasteiger partial charge on any atom is 0.417 e. The highest BCUT2D eigenvalue weighted by molar-refractivity contribution is 8.29.